The quantitative estimate of drug-likeness (QED) is 0.754. The predicted molar refractivity (Wildman–Crippen MR) is 70.0 cm³/mol. The van der Waals surface area contributed by atoms with Gasteiger partial charge in [-0.3, -0.25) is 4.79 Å². The molecule has 0 aliphatic rings. The van der Waals surface area contributed by atoms with Gasteiger partial charge in [0.25, 0.3) is 0 Å². The molecule has 1 aromatic rings. The van der Waals surface area contributed by atoms with Crippen LogP contribution in [0.2, 0.25) is 5.15 Å². The first-order valence-electron chi connectivity index (χ1n) is 5.50. The number of anilines is 2. The molecule has 0 aromatic carbocycles. The minimum Gasteiger partial charge on any atom is -0.396 e. The van der Waals surface area contributed by atoms with Crippen LogP contribution in [-0.4, -0.2) is 24.0 Å². The molecule has 0 spiro atoms. The van der Waals surface area contributed by atoms with Crippen molar-refractivity contribution in [3.8, 4) is 0 Å². The Kier molecular flexibility index (Phi) is 5.03. The number of nitrogens with two attached hydrogens (primary N) is 2. The van der Waals surface area contributed by atoms with Crippen LogP contribution in [0, 0.1) is 0 Å². The van der Waals surface area contributed by atoms with Gasteiger partial charge in [0.2, 0.25) is 5.91 Å². The molecular weight excluding hydrogens is 240 g/mol. The van der Waals surface area contributed by atoms with E-state index in [1.54, 1.807) is 17.0 Å². The number of nitrogen functional groups attached to an aromatic ring is 1. The van der Waals surface area contributed by atoms with E-state index in [4.69, 9.17) is 23.1 Å². The molecule has 0 unspecified atom stereocenters. The van der Waals surface area contributed by atoms with Crippen molar-refractivity contribution in [2.45, 2.75) is 19.8 Å². The third kappa shape index (κ3) is 4.11. The van der Waals surface area contributed by atoms with Crippen molar-refractivity contribution < 1.29 is 4.79 Å². The fourth-order valence-corrected chi connectivity index (χ4v) is 1.63. The third-order valence-corrected chi connectivity index (χ3v) is 2.51. The summed E-state index contributed by atoms with van der Waals surface area (Å²) in [5.41, 5.74) is 11.5. The SMILES string of the molecule is CCCCN(CC(N)=O)c1nc(Cl)ccc1N. The zero-order valence-corrected chi connectivity index (χ0v) is 10.6. The molecule has 0 fully saturated rings. The highest BCUT2D eigenvalue weighted by Gasteiger charge is 2.13. The van der Waals surface area contributed by atoms with E-state index in [0.29, 0.717) is 23.2 Å². The molecule has 4 N–H and O–H groups in total. The third-order valence-electron chi connectivity index (χ3n) is 2.30. The lowest BCUT2D eigenvalue weighted by atomic mass is 10.3. The molecule has 0 atom stereocenters. The number of halogens is 1. The average molecular weight is 257 g/mol. The number of pyridine rings is 1. The maximum atomic E-state index is 11.0. The highest BCUT2D eigenvalue weighted by atomic mass is 35.5. The lowest BCUT2D eigenvalue weighted by Gasteiger charge is -2.23. The first-order valence-corrected chi connectivity index (χ1v) is 5.87. The summed E-state index contributed by atoms with van der Waals surface area (Å²) in [6.45, 7) is 2.84. The molecular formula is C11H17ClN4O. The standard InChI is InChI=1S/C11H17ClN4O/c1-2-3-6-16(7-10(14)17)11-8(13)4-5-9(12)15-11/h4-5H,2-3,6-7,13H2,1H3,(H2,14,17). The van der Waals surface area contributed by atoms with Gasteiger partial charge in [-0.05, 0) is 18.6 Å². The predicted octanol–water partition coefficient (Wildman–Crippen LogP) is 1.41. The molecule has 5 nitrogen and oxygen atoms in total. The van der Waals surface area contributed by atoms with Crippen molar-refractivity contribution in [3.05, 3.63) is 17.3 Å². The van der Waals surface area contributed by atoms with E-state index in [0.717, 1.165) is 12.8 Å². The number of hydrogen-bond donors (Lipinski definition) is 2. The van der Waals surface area contributed by atoms with Gasteiger partial charge in [-0.2, -0.15) is 0 Å². The summed E-state index contributed by atoms with van der Waals surface area (Å²) in [5, 5.41) is 0.347. The van der Waals surface area contributed by atoms with E-state index < -0.39 is 5.91 Å². The first kappa shape index (κ1) is 13.6. The van der Waals surface area contributed by atoms with E-state index in [1.807, 2.05) is 0 Å². The highest BCUT2D eigenvalue weighted by Crippen LogP contribution is 2.22. The largest absolute Gasteiger partial charge is 0.396 e. The van der Waals surface area contributed by atoms with Crippen LogP contribution in [0.4, 0.5) is 11.5 Å². The molecule has 0 bridgehead atoms. The van der Waals surface area contributed by atoms with E-state index in [9.17, 15) is 4.79 Å². The van der Waals surface area contributed by atoms with E-state index in [2.05, 4.69) is 11.9 Å². The summed E-state index contributed by atoms with van der Waals surface area (Å²) in [5.74, 6) is 0.104. The molecule has 0 radical (unpaired) electrons. The van der Waals surface area contributed by atoms with Gasteiger partial charge < -0.3 is 16.4 Å². The topological polar surface area (TPSA) is 85.2 Å². The number of carbonyl (C=O) groups is 1. The van der Waals surface area contributed by atoms with Crippen molar-refractivity contribution in [3.63, 3.8) is 0 Å². The second-order valence-electron chi connectivity index (χ2n) is 3.79. The highest BCUT2D eigenvalue weighted by molar-refractivity contribution is 6.29. The molecule has 6 heteroatoms. The van der Waals surface area contributed by atoms with Gasteiger partial charge in [0, 0.05) is 6.54 Å². The molecule has 1 heterocycles. The number of primary amides is 1. The molecule has 17 heavy (non-hydrogen) atoms. The van der Waals surface area contributed by atoms with Crippen LogP contribution in [0.25, 0.3) is 0 Å². The van der Waals surface area contributed by atoms with Gasteiger partial charge in [0.1, 0.15) is 5.15 Å². The number of amides is 1. The smallest absolute Gasteiger partial charge is 0.236 e. The summed E-state index contributed by atoms with van der Waals surface area (Å²) in [6, 6.07) is 3.28. The van der Waals surface area contributed by atoms with Gasteiger partial charge in [0.15, 0.2) is 5.82 Å². The van der Waals surface area contributed by atoms with Crippen molar-refractivity contribution in [2.75, 3.05) is 23.7 Å². The number of hydrogen-bond acceptors (Lipinski definition) is 4. The normalized spacial score (nSPS) is 10.2. The zero-order valence-electron chi connectivity index (χ0n) is 9.82. The Balaban J connectivity index is 2.93. The van der Waals surface area contributed by atoms with Crippen molar-refractivity contribution >= 4 is 29.0 Å². The van der Waals surface area contributed by atoms with Gasteiger partial charge in [0.05, 0.1) is 12.2 Å². The van der Waals surface area contributed by atoms with Crippen molar-refractivity contribution in [1.29, 1.82) is 0 Å². The average Bonchev–Trinajstić information content (AvgIpc) is 2.27. The van der Waals surface area contributed by atoms with Crippen LogP contribution in [0.1, 0.15) is 19.8 Å². The number of unbranched alkanes of at least 4 members (excludes halogenated alkanes) is 1. The van der Waals surface area contributed by atoms with Crippen LogP contribution in [0.5, 0.6) is 0 Å². The number of aromatic nitrogens is 1. The van der Waals surface area contributed by atoms with Crippen LogP contribution >= 0.6 is 11.6 Å². The summed E-state index contributed by atoms with van der Waals surface area (Å²) in [6.07, 6.45) is 1.94. The van der Waals surface area contributed by atoms with Crippen LogP contribution in [0.15, 0.2) is 12.1 Å². The van der Waals surface area contributed by atoms with Crippen LogP contribution in [0.3, 0.4) is 0 Å². The maximum Gasteiger partial charge on any atom is 0.236 e. The molecule has 0 saturated carbocycles. The fraction of sp³-hybridized carbons (Fsp3) is 0.455. The van der Waals surface area contributed by atoms with E-state index in [1.165, 1.54) is 0 Å². The lowest BCUT2D eigenvalue weighted by molar-refractivity contribution is -0.116. The van der Waals surface area contributed by atoms with Crippen LogP contribution < -0.4 is 16.4 Å². The summed E-state index contributed by atoms with van der Waals surface area (Å²) >= 11 is 5.82. The maximum absolute atomic E-state index is 11.0. The van der Waals surface area contributed by atoms with Crippen molar-refractivity contribution in [2.24, 2.45) is 5.73 Å². The Morgan fingerprint density at radius 1 is 1.53 bits per heavy atom. The van der Waals surface area contributed by atoms with E-state index in [-0.39, 0.29) is 6.54 Å². The summed E-state index contributed by atoms with van der Waals surface area (Å²) in [4.78, 5) is 16.9. The lowest BCUT2D eigenvalue weighted by Crippen LogP contribution is -2.35. The first-order chi connectivity index (χ1) is 8.04. The number of nitrogens with zero attached hydrogens (tertiary/aromatic N) is 2. The fourth-order valence-electron chi connectivity index (χ4n) is 1.49. The molecule has 94 valence electrons. The zero-order chi connectivity index (χ0) is 12.8. The Bertz CT molecular complexity index is 397. The Morgan fingerprint density at radius 2 is 2.24 bits per heavy atom. The summed E-state index contributed by atoms with van der Waals surface area (Å²) in [7, 11) is 0. The van der Waals surface area contributed by atoms with E-state index >= 15 is 0 Å². The molecule has 0 aliphatic heterocycles. The van der Waals surface area contributed by atoms with Crippen LogP contribution in [-0.2, 0) is 4.79 Å². The molecule has 1 rings (SSSR count). The summed E-state index contributed by atoms with van der Waals surface area (Å²) < 4.78 is 0. The van der Waals surface area contributed by atoms with Gasteiger partial charge in [-0.15, -0.1) is 0 Å². The van der Waals surface area contributed by atoms with Crippen molar-refractivity contribution in [1.82, 2.24) is 4.98 Å². The minimum absolute atomic E-state index is 0.0948. The van der Waals surface area contributed by atoms with Gasteiger partial charge >= 0.3 is 0 Å². The second-order valence-corrected chi connectivity index (χ2v) is 4.18. The monoisotopic (exact) mass is 256 g/mol. The van der Waals surface area contributed by atoms with Gasteiger partial charge in [-0.25, -0.2) is 4.98 Å². The molecule has 0 saturated heterocycles. The minimum atomic E-state index is -0.415. The Morgan fingerprint density at radius 3 is 2.82 bits per heavy atom. The Hall–Kier alpha value is -1.49. The number of rotatable bonds is 6. The van der Waals surface area contributed by atoms with Gasteiger partial charge in [-0.1, -0.05) is 24.9 Å². The molecule has 0 aliphatic carbocycles. The second kappa shape index (κ2) is 6.30. The Labute approximate surface area is 106 Å². The molecule has 1 amide bonds. The number of carbonyl (C=O) groups excluding carboxylic acids is 1. The molecule has 1 aromatic heterocycles.